The number of guanidine groups is 1. The summed E-state index contributed by atoms with van der Waals surface area (Å²) in [5.41, 5.74) is 2.63. The Bertz CT molecular complexity index is 532. The Morgan fingerprint density at radius 2 is 2.04 bits per heavy atom. The van der Waals surface area contributed by atoms with Gasteiger partial charge in [0.1, 0.15) is 0 Å². The second-order valence-electron chi connectivity index (χ2n) is 6.56. The minimum absolute atomic E-state index is 0. The molecule has 1 saturated heterocycles. The van der Waals surface area contributed by atoms with Crippen molar-refractivity contribution in [2.24, 2.45) is 4.99 Å². The van der Waals surface area contributed by atoms with E-state index in [9.17, 15) is 0 Å². The van der Waals surface area contributed by atoms with Crippen LogP contribution in [0.4, 0.5) is 5.69 Å². The highest BCUT2D eigenvalue weighted by atomic mass is 127. The van der Waals surface area contributed by atoms with Crippen molar-refractivity contribution < 1.29 is 4.74 Å². The van der Waals surface area contributed by atoms with Gasteiger partial charge in [-0.25, -0.2) is 0 Å². The topological polar surface area (TPSA) is 48.9 Å². The van der Waals surface area contributed by atoms with Crippen LogP contribution < -0.4 is 15.5 Å². The number of rotatable bonds is 9. The van der Waals surface area contributed by atoms with Gasteiger partial charge in [0.05, 0.1) is 6.04 Å². The number of anilines is 1. The number of aliphatic imine (C=N–C) groups is 1. The number of halogens is 1. The molecule has 0 spiro atoms. The highest BCUT2D eigenvalue weighted by Crippen LogP contribution is 2.23. The summed E-state index contributed by atoms with van der Waals surface area (Å²) in [7, 11) is 1.82. The van der Waals surface area contributed by atoms with Crippen LogP contribution in [0.15, 0.2) is 29.3 Å². The zero-order chi connectivity index (χ0) is 17.9. The van der Waals surface area contributed by atoms with Gasteiger partial charge in [0.15, 0.2) is 5.96 Å². The Kier molecular flexibility index (Phi) is 11.7. The number of nitrogens with zero attached hydrogens (tertiary/aromatic N) is 2. The molecule has 6 heteroatoms. The summed E-state index contributed by atoms with van der Waals surface area (Å²) < 4.78 is 5.36. The summed E-state index contributed by atoms with van der Waals surface area (Å²) in [4.78, 5) is 6.81. The standard InChI is InChI=1S/C20H34N4O.HI/c1-4-25-15-8-5-12-22-20(21-3)23-17(2)18-10-9-11-19(16-18)24-13-6-7-14-24;/h9-11,16-17H,4-8,12-15H2,1-3H3,(H2,21,22,23);1H. The third-order valence-electron chi connectivity index (χ3n) is 4.63. The average Bonchev–Trinajstić information content (AvgIpc) is 3.18. The first-order valence-electron chi connectivity index (χ1n) is 9.64. The molecule has 5 nitrogen and oxygen atoms in total. The lowest BCUT2D eigenvalue weighted by molar-refractivity contribution is 0.143. The largest absolute Gasteiger partial charge is 0.382 e. The molecule has 2 N–H and O–H groups in total. The van der Waals surface area contributed by atoms with Gasteiger partial charge in [-0.05, 0) is 57.2 Å². The van der Waals surface area contributed by atoms with Gasteiger partial charge in [-0.15, -0.1) is 24.0 Å². The van der Waals surface area contributed by atoms with Crippen LogP contribution >= 0.6 is 24.0 Å². The van der Waals surface area contributed by atoms with E-state index in [4.69, 9.17) is 4.74 Å². The van der Waals surface area contributed by atoms with E-state index in [0.29, 0.717) is 0 Å². The summed E-state index contributed by atoms with van der Waals surface area (Å²) in [5.74, 6) is 0.857. The second kappa shape index (κ2) is 13.2. The molecule has 1 aliphatic heterocycles. The molecule has 0 radical (unpaired) electrons. The fourth-order valence-electron chi connectivity index (χ4n) is 3.13. The number of benzene rings is 1. The summed E-state index contributed by atoms with van der Waals surface area (Å²) in [6.45, 7) is 9.11. The highest BCUT2D eigenvalue weighted by Gasteiger charge is 2.14. The zero-order valence-corrected chi connectivity index (χ0v) is 18.8. The van der Waals surface area contributed by atoms with Crippen LogP contribution in [-0.2, 0) is 4.74 Å². The van der Waals surface area contributed by atoms with Crippen LogP contribution in [0.5, 0.6) is 0 Å². The van der Waals surface area contributed by atoms with E-state index in [0.717, 1.165) is 38.6 Å². The van der Waals surface area contributed by atoms with Crippen molar-refractivity contribution in [1.29, 1.82) is 0 Å². The van der Waals surface area contributed by atoms with Gasteiger partial charge in [-0.2, -0.15) is 0 Å². The van der Waals surface area contributed by atoms with Gasteiger partial charge in [0.25, 0.3) is 0 Å². The average molecular weight is 474 g/mol. The molecule has 0 saturated carbocycles. The molecule has 2 rings (SSSR count). The third kappa shape index (κ3) is 7.70. The van der Waals surface area contributed by atoms with Crippen molar-refractivity contribution in [3.8, 4) is 0 Å². The van der Waals surface area contributed by atoms with Gasteiger partial charge in [0.2, 0.25) is 0 Å². The molecule has 1 heterocycles. The van der Waals surface area contributed by atoms with Crippen molar-refractivity contribution in [1.82, 2.24) is 10.6 Å². The molecule has 1 atom stereocenters. The Hall–Kier alpha value is -1.02. The van der Waals surface area contributed by atoms with Gasteiger partial charge >= 0.3 is 0 Å². The molecule has 1 fully saturated rings. The summed E-state index contributed by atoms with van der Waals surface area (Å²) in [5, 5.41) is 6.88. The lowest BCUT2D eigenvalue weighted by Gasteiger charge is -2.22. The summed E-state index contributed by atoms with van der Waals surface area (Å²) >= 11 is 0. The normalized spacial score (nSPS) is 15.5. The Morgan fingerprint density at radius 1 is 1.27 bits per heavy atom. The van der Waals surface area contributed by atoms with Crippen LogP contribution in [0.2, 0.25) is 0 Å². The van der Waals surface area contributed by atoms with Crippen LogP contribution in [0.25, 0.3) is 0 Å². The maximum Gasteiger partial charge on any atom is 0.191 e. The Balaban J connectivity index is 0.00000338. The quantitative estimate of drug-likeness (QED) is 0.246. The first kappa shape index (κ1) is 23.0. The van der Waals surface area contributed by atoms with E-state index in [1.165, 1.54) is 37.2 Å². The molecule has 1 aliphatic rings. The molecule has 148 valence electrons. The highest BCUT2D eigenvalue weighted by molar-refractivity contribution is 14.0. The van der Waals surface area contributed by atoms with Crippen LogP contribution in [0.1, 0.15) is 51.1 Å². The van der Waals surface area contributed by atoms with Crippen LogP contribution in [-0.4, -0.2) is 45.9 Å². The van der Waals surface area contributed by atoms with E-state index in [2.05, 4.69) is 51.7 Å². The van der Waals surface area contributed by atoms with Gasteiger partial charge in [-0.1, -0.05) is 12.1 Å². The maximum atomic E-state index is 5.36. The number of ether oxygens (including phenoxy) is 1. The number of nitrogens with one attached hydrogen (secondary N) is 2. The predicted octanol–water partition coefficient (Wildman–Crippen LogP) is 3.95. The first-order valence-corrected chi connectivity index (χ1v) is 9.64. The first-order chi connectivity index (χ1) is 12.2. The maximum absolute atomic E-state index is 5.36. The Morgan fingerprint density at radius 3 is 2.73 bits per heavy atom. The lowest BCUT2D eigenvalue weighted by Crippen LogP contribution is -2.39. The zero-order valence-electron chi connectivity index (χ0n) is 16.5. The number of hydrogen-bond acceptors (Lipinski definition) is 3. The van der Waals surface area contributed by atoms with Crippen LogP contribution in [0, 0.1) is 0 Å². The molecule has 1 aromatic rings. The van der Waals surface area contributed by atoms with Gasteiger partial charge in [-0.3, -0.25) is 4.99 Å². The van der Waals surface area contributed by atoms with E-state index in [1.807, 2.05) is 14.0 Å². The van der Waals surface area contributed by atoms with E-state index in [-0.39, 0.29) is 30.0 Å². The van der Waals surface area contributed by atoms with Crippen LogP contribution in [0.3, 0.4) is 0 Å². The van der Waals surface area contributed by atoms with Crippen molar-refractivity contribution >= 4 is 35.6 Å². The monoisotopic (exact) mass is 474 g/mol. The van der Waals surface area contributed by atoms with Crippen molar-refractivity contribution in [2.45, 2.75) is 45.6 Å². The summed E-state index contributed by atoms with van der Waals surface area (Å²) in [6, 6.07) is 9.08. The van der Waals surface area contributed by atoms with E-state index in [1.54, 1.807) is 0 Å². The number of unbranched alkanes of at least 4 members (excludes halogenated alkanes) is 1. The molecular formula is C20H35IN4O. The van der Waals surface area contributed by atoms with Crippen molar-refractivity contribution in [2.75, 3.05) is 44.8 Å². The van der Waals surface area contributed by atoms with Gasteiger partial charge in [0, 0.05) is 45.6 Å². The molecule has 26 heavy (non-hydrogen) atoms. The fourth-order valence-corrected chi connectivity index (χ4v) is 3.13. The smallest absolute Gasteiger partial charge is 0.191 e. The van der Waals surface area contributed by atoms with Crippen molar-refractivity contribution in [3.63, 3.8) is 0 Å². The SMILES string of the molecule is CCOCCCCNC(=NC)NC(C)c1cccc(N2CCCC2)c1.I. The number of hydrogen-bond donors (Lipinski definition) is 2. The van der Waals surface area contributed by atoms with E-state index < -0.39 is 0 Å². The predicted molar refractivity (Wildman–Crippen MR) is 122 cm³/mol. The minimum Gasteiger partial charge on any atom is -0.382 e. The molecule has 0 bridgehead atoms. The molecule has 1 aromatic carbocycles. The minimum atomic E-state index is 0. The molecule has 0 aromatic heterocycles. The lowest BCUT2D eigenvalue weighted by atomic mass is 10.1. The molecule has 0 amide bonds. The van der Waals surface area contributed by atoms with Gasteiger partial charge < -0.3 is 20.3 Å². The second-order valence-corrected chi connectivity index (χ2v) is 6.56. The molecule has 0 aliphatic carbocycles. The Labute approximate surface area is 176 Å². The van der Waals surface area contributed by atoms with Crippen molar-refractivity contribution in [3.05, 3.63) is 29.8 Å². The fraction of sp³-hybridized carbons (Fsp3) is 0.650. The molecule has 1 unspecified atom stereocenters. The molecular weight excluding hydrogens is 439 g/mol. The summed E-state index contributed by atoms with van der Waals surface area (Å²) in [6.07, 6.45) is 4.76. The van der Waals surface area contributed by atoms with E-state index >= 15 is 0 Å². The third-order valence-corrected chi connectivity index (χ3v) is 4.63.